The summed E-state index contributed by atoms with van der Waals surface area (Å²) in [6, 6.07) is 8.40. The molecule has 0 fully saturated rings. The van der Waals surface area contributed by atoms with Crippen LogP contribution in [0.25, 0.3) is 6.08 Å². The molecule has 0 aliphatic carbocycles. The van der Waals surface area contributed by atoms with E-state index in [-0.39, 0.29) is 34.3 Å². The molecule has 44 heavy (non-hydrogen) atoms. The summed E-state index contributed by atoms with van der Waals surface area (Å²) in [6.45, 7) is 2.28. The fourth-order valence-corrected chi connectivity index (χ4v) is 5.74. The Morgan fingerprint density at radius 1 is 0.523 bits per heavy atom. The van der Waals surface area contributed by atoms with E-state index in [1.54, 1.807) is 6.08 Å². The van der Waals surface area contributed by atoms with E-state index in [1.165, 1.54) is 150 Å². The van der Waals surface area contributed by atoms with Gasteiger partial charge in [0, 0.05) is 0 Å². The van der Waals surface area contributed by atoms with Gasteiger partial charge in [0.05, 0.1) is 35.5 Å². The third kappa shape index (κ3) is 12.1. The van der Waals surface area contributed by atoms with Crippen molar-refractivity contribution in [3.63, 3.8) is 0 Å². The molecule has 0 unspecified atom stereocenters. The van der Waals surface area contributed by atoms with Crippen molar-refractivity contribution >= 4 is 11.9 Å². The van der Waals surface area contributed by atoms with Crippen molar-refractivity contribution in [2.75, 3.05) is 35.5 Å². The highest BCUT2D eigenvalue weighted by Gasteiger charge is 2.31. The lowest BCUT2D eigenvalue weighted by molar-refractivity contribution is 0.104. The summed E-state index contributed by atoms with van der Waals surface area (Å²) in [6.07, 6.45) is 26.5. The molecular weight excluding hydrogens is 552 g/mol. The molecule has 0 radical (unpaired) electrons. The summed E-state index contributed by atoms with van der Waals surface area (Å²) < 4.78 is 27.6. The Balaban J connectivity index is 1.74. The number of ketones is 1. The van der Waals surface area contributed by atoms with Crippen LogP contribution < -0.4 is 23.7 Å². The quantitative estimate of drug-likeness (QED) is 0.0633. The van der Waals surface area contributed by atoms with Gasteiger partial charge in [-0.1, -0.05) is 134 Å². The highest BCUT2D eigenvalue weighted by Crippen LogP contribution is 2.53. The van der Waals surface area contributed by atoms with Crippen LogP contribution in [0.5, 0.6) is 28.7 Å². The highest BCUT2D eigenvalue weighted by atomic mass is 16.6. The summed E-state index contributed by atoms with van der Waals surface area (Å²) in [5.74, 6) is 0.988. The molecule has 246 valence electrons. The van der Waals surface area contributed by atoms with E-state index in [0.29, 0.717) is 5.75 Å². The molecule has 2 aromatic rings. The summed E-state index contributed by atoms with van der Waals surface area (Å²) >= 11 is 0. The minimum absolute atomic E-state index is 0.209. The third-order valence-electron chi connectivity index (χ3n) is 8.27. The molecule has 6 nitrogen and oxygen atoms in total. The second-order valence-electron chi connectivity index (χ2n) is 11.5. The van der Waals surface area contributed by atoms with Crippen LogP contribution in [0.4, 0.5) is 0 Å². The maximum absolute atomic E-state index is 13.4. The van der Waals surface area contributed by atoms with Crippen molar-refractivity contribution in [1.82, 2.24) is 0 Å². The largest absolute Gasteiger partial charge is 0.492 e. The fraction of sp³-hybridized carbons (Fsp3) is 0.605. The topological polar surface area (TPSA) is 63.2 Å². The molecule has 0 N–H and O–H groups in total. The van der Waals surface area contributed by atoms with Crippen LogP contribution in [0.2, 0.25) is 0 Å². The standard InChI is InChI=1S/C38H58O6/c1-7-8-9-10-11-12-13-14-15-16-17-18-19-20-21-22-23-30-24-26-31(27-25-30)28-29-32(39)33-34(40-2)36(42-4)38(44-6)37(43-5)35(33)41-3/h24-29H,7-23H2,1-6H3. The number of carbonyl (C=O) groups is 1. The van der Waals surface area contributed by atoms with Gasteiger partial charge in [0.25, 0.3) is 0 Å². The number of rotatable bonds is 25. The molecule has 0 aromatic heterocycles. The normalized spacial score (nSPS) is 11.1. The van der Waals surface area contributed by atoms with Gasteiger partial charge in [-0.2, -0.15) is 0 Å². The Morgan fingerprint density at radius 3 is 1.27 bits per heavy atom. The van der Waals surface area contributed by atoms with E-state index in [9.17, 15) is 4.79 Å². The molecule has 0 atom stereocenters. The minimum Gasteiger partial charge on any atom is -0.492 e. The summed E-state index contributed by atoms with van der Waals surface area (Å²) in [4.78, 5) is 13.4. The fourth-order valence-electron chi connectivity index (χ4n) is 5.74. The van der Waals surface area contributed by atoms with Gasteiger partial charge in [-0.15, -0.1) is 0 Å². The Labute approximate surface area is 267 Å². The summed E-state index contributed by atoms with van der Waals surface area (Å²) in [5, 5.41) is 0. The van der Waals surface area contributed by atoms with Gasteiger partial charge in [-0.25, -0.2) is 0 Å². The average Bonchev–Trinajstić information content (AvgIpc) is 3.05. The van der Waals surface area contributed by atoms with Crippen molar-refractivity contribution < 1.29 is 28.5 Å². The number of ether oxygens (including phenoxy) is 5. The van der Waals surface area contributed by atoms with Gasteiger partial charge in [0.2, 0.25) is 17.2 Å². The molecule has 0 aliphatic heterocycles. The van der Waals surface area contributed by atoms with E-state index >= 15 is 0 Å². The van der Waals surface area contributed by atoms with Crippen LogP contribution in [0, 0.1) is 0 Å². The molecule has 0 saturated carbocycles. The molecule has 0 aliphatic rings. The second kappa shape index (κ2) is 22.4. The van der Waals surface area contributed by atoms with Crippen molar-refractivity contribution in [2.45, 2.75) is 116 Å². The van der Waals surface area contributed by atoms with Crippen LogP contribution in [-0.2, 0) is 6.42 Å². The first-order chi connectivity index (χ1) is 21.6. The number of aryl methyl sites for hydroxylation is 1. The van der Waals surface area contributed by atoms with Crippen molar-refractivity contribution in [3.05, 3.63) is 47.0 Å². The monoisotopic (exact) mass is 610 g/mol. The molecule has 6 heteroatoms. The van der Waals surface area contributed by atoms with Crippen molar-refractivity contribution in [2.24, 2.45) is 0 Å². The van der Waals surface area contributed by atoms with Crippen LogP contribution >= 0.6 is 0 Å². The Bertz CT molecular complexity index is 1070. The van der Waals surface area contributed by atoms with Gasteiger partial charge in [-0.3, -0.25) is 4.79 Å². The average molecular weight is 611 g/mol. The smallest absolute Gasteiger partial charge is 0.211 e. The first kappa shape index (κ1) is 37.0. The van der Waals surface area contributed by atoms with Gasteiger partial charge < -0.3 is 23.7 Å². The predicted molar refractivity (Wildman–Crippen MR) is 182 cm³/mol. The number of unbranched alkanes of at least 4 members (excludes halogenated alkanes) is 15. The molecular formula is C38H58O6. The van der Waals surface area contributed by atoms with E-state index < -0.39 is 0 Å². The highest BCUT2D eigenvalue weighted by molar-refractivity contribution is 6.12. The zero-order chi connectivity index (χ0) is 32.0. The first-order valence-corrected chi connectivity index (χ1v) is 16.8. The zero-order valence-electron chi connectivity index (χ0n) is 28.4. The van der Waals surface area contributed by atoms with Crippen LogP contribution in [-0.4, -0.2) is 41.3 Å². The lowest BCUT2D eigenvalue weighted by Crippen LogP contribution is -2.08. The predicted octanol–water partition coefficient (Wildman–Crippen LogP) is 10.4. The molecule has 0 amide bonds. The number of benzene rings is 2. The Hall–Kier alpha value is -3.15. The summed E-state index contributed by atoms with van der Waals surface area (Å²) in [5.41, 5.74) is 2.48. The number of allylic oxidation sites excluding steroid dienone is 1. The number of carbonyl (C=O) groups excluding carboxylic acids is 1. The molecule has 0 bridgehead atoms. The third-order valence-corrected chi connectivity index (χ3v) is 8.27. The van der Waals surface area contributed by atoms with E-state index in [0.717, 1.165) is 12.0 Å². The SMILES string of the molecule is CCCCCCCCCCCCCCCCCCc1ccc(C=CC(=O)c2c(OC)c(OC)c(OC)c(OC)c2OC)cc1. The van der Waals surface area contributed by atoms with Crippen molar-refractivity contribution in [3.8, 4) is 28.7 Å². The lowest BCUT2D eigenvalue weighted by atomic mass is 10.0. The van der Waals surface area contributed by atoms with Gasteiger partial charge in [0.1, 0.15) is 5.56 Å². The maximum atomic E-state index is 13.4. The molecule has 0 heterocycles. The second-order valence-corrected chi connectivity index (χ2v) is 11.5. The molecule has 0 spiro atoms. The molecule has 0 saturated heterocycles. The van der Waals surface area contributed by atoms with Gasteiger partial charge >= 0.3 is 0 Å². The van der Waals surface area contributed by atoms with Gasteiger partial charge in [-0.05, 0) is 30.0 Å². The van der Waals surface area contributed by atoms with E-state index in [4.69, 9.17) is 23.7 Å². The number of methoxy groups -OCH3 is 5. The van der Waals surface area contributed by atoms with E-state index in [2.05, 4.69) is 31.2 Å². The van der Waals surface area contributed by atoms with Crippen LogP contribution in [0.1, 0.15) is 131 Å². The Morgan fingerprint density at radius 2 is 0.886 bits per heavy atom. The lowest BCUT2D eigenvalue weighted by Gasteiger charge is -2.21. The molecule has 2 aromatic carbocycles. The van der Waals surface area contributed by atoms with E-state index in [1.807, 2.05) is 0 Å². The van der Waals surface area contributed by atoms with Crippen LogP contribution in [0.15, 0.2) is 30.3 Å². The summed E-state index contributed by atoms with van der Waals surface area (Å²) in [7, 11) is 7.41. The maximum Gasteiger partial charge on any atom is 0.211 e. The number of hydrogen-bond donors (Lipinski definition) is 0. The van der Waals surface area contributed by atoms with Crippen molar-refractivity contribution in [1.29, 1.82) is 0 Å². The Kier molecular flexibility index (Phi) is 18.8. The molecule has 2 rings (SSSR count). The zero-order valence-corrected chi connectivity index (χ0v) is 28.4. The first-order valence-electron chi connectivity index (χ1n) is 16.8. The number of hydrogen-bond acceptors (Lipinski definition) is 6. The van der Waals surface area contributed by atoms with Crippen LogP contribution in [0.3, 0.4) is 0 Å². The minimum atomic E-state index is -0.296. The van der Waals surface area contributed by atoms with Gasteiger partial charge in [0.15, 0.2) is 17.3 Å².